The zero-order valence-electron chi connectivity index (χ0n) is 17.3. The number of aryl methyl sites for hydroxylation is 1. The van der Waals surface area contributed by atoms with Crippen molar-refractivity contribution in [3.63, 3.8) is 0 Å². The highest BCUT2D eigenvalue weighted by molar-refractivity contribution is 5.93. The Balaban J connectivity index is 1.24. The van der Waals surface area contributed by atoms with Gasteiger partial charge in [0.15, 0.2) is 11.5 Å². The number of rotatable bonds is 4. The van der Waals surface area contributed by atoms with Crippen molar-refractivity contribution in [1.82, 2.24) is 20.2 Å². The Morgan fingerprint density at radius 3 is 2.90 bits per heavy atom. The standard InChI is InChI=1S/C23H24FN5O2/c1-14-3-2-4-17(21(14)24)28-22-16-5-20-19(6-18(16)26-13-27-22)30-8-15(31-20)7-29-11-23(12-29)9-25-10-23/h2-6,13,15,25H,7-12H2,1H3,(H,26,27,28). The smallest absolute Gasteiger partial charge is 0.163 e. The molecule has 0 aliphatic carbocycles. The number of anilines is 2. The van der Waals surface area contributed by atoms with E-state index >= 15 is 0 Å². The van der Waals surface area contributed by atoms with Gasteiger partial charge < -0.3 is 20.1 Å². The molecule has 31 heavy (non-hydrogen) atoms. The summed E-state index contributed by atoms with van der Waals surface area (Å²) in [5.41, 5.74) is 2.16. The third kappa shape index (κ3) is 3.26. The number of benzene rings is 2. The van der Waals surface area contributed by atoms with E-state index in [1.54, 1.807) is 19.1 Å². The van der Waals surface area contributed by atoms with Crippen LogP contribution in [0.5, 0.6) is 11.5 Å². The average Bonchev–Trinajstić information content (AvgIpc) is 2.71. The van der Waals surface area contributed by atoms with Gasteiger partial charge in [0.2, 0.25) is 0 Å². The van der Waals surface area contributed by atoms with Gasteiger partial charge in [-0.15, -0.1) is 0 Å². The van der Waals surface area contributed by atoms with Crippen molar-refractivity contribution in [3.8, 4) is 11.5 Å². The fraction of sp³-hybridized carbons (Fsp3) is 0.391. The summed E-state index contributed by atoms with van der Waals surface area (Å²) < 4.78 is 26.8. The van der Waals surface area contributed by atoms with Crippen LogP contribution in [0, 0.1) is 18.2 Å². The van der Waals surface area contributed by atoms with Crippen molar-refractivity contribution in [3.05, 3.63) is 48.0 Å². The van der Waals surface area contributed by atoms with Crippen molar-refractivity contribution in [2.75, 3.05) is 44.6 Å². The molecule has 1 atom stereocenters. The van der Waals surface area contributed by atoms with Gasteiger partial charge in [0.1, 0.15) is 30.7 Å². The third-order valence-corrected chi connectivity index (χ3v) is 6.44. The van der Waals surface area contributed by atoms with Crippen LogP contribution in [0.25, 0.3) is 10.9 Å². The van der Waals surface area contributed by atoms with Crippen LogP contribution < -0.4 is 20.1 Å². The maximum Gasteiger partial charge on any atom is 0.163 e. The van der Waals surface area contributed by atoms with E-state index in [0.717, 1.165) is 38.1 Å². The molecule has 8 heteroatoms. The van der Waals surface area contributed by atoms with Crippen LogP contribution in [0.2, 0.25) is 0 Å². The molecule has 0 amide bonds. The van der Waals surface area contributed by atoms with Gasteiger partial charge in [-0.05, 0) is 24.6 Å². The molecule has 0 saturated carbocycles. The highest BCUT2D eigenvalue weighted by Gasteiger charge is 2.48. The van der Waals surface area contributed by atoms with E-state index in [1.165, 1.54) is 6.33 Å². The molecular formula is C23H24FN5O2. The molecule has 1 aromatic heterocycles. The van der Waals surface area contributed by atoms with Crippen LogP contribution in [-0.2, 0) is 0 Å². The first-order valence-corrected chi connectivity index (χ1v) is 10.6. The zero-order chi connectivity index (χ0) is 21.0. The van der Waals surface area contributed by atoms with E-state index < -0.39 is 0 Å². The van der Waals surface area contributed by atoms with E-state index in [2.05, 4.69) is 25.5 Å². The summed E-state index contributed by atoms with van der Waals surface area (Å²) in [6, 6.07) is 9.00. The SMILES string of the molecule is Cc1cccc(Nc2ncnc3cc4c(cc23)OC(CN2CC3(CNC3)C2)CO4)c1F. The van der Waals surface area contributed by atoms with Crippen molar-refractivity contribution in [2.45, 2.75) is 13.0 Å². The molecule has 0 radical (unpaired) electrons. The third-order valence-electron chi connectivity index (χ3n) is 6.44. The Morgan fingerprint density at radius 1 is 1.23 bits per heavy atom. The molecule has 160 valence electrons. The van der Waals surface area contributed by atoms with Gasteiger partial charge in [-0.2, -0.15) is 0 Å². The Kier molecular flexibility index (Phi) is 4.26. The maximum absolute atomic E-state index is 14.5. The number of nitrogens with zero attached hydrogens (tertiary/aromatic N) is 3. The summed E-state index contributed by atoms with van der Waals surface area (Å²) in [5, 5.41) is 7.23. The molecule has 1 unspecified atom stereocenters. The van der Waals surface area contributed by atoms with Gasteiger partial charge in [-0.1, -0.05) is 12.1 Å². The van der Waals surface area contributed by atoms with E-state index in [0.29, 0.717) is 46.1 Å². The lowest BCUT2D eigenvalue weighted by atomic mass is 9.74. The molecule has 2 aromatic carbocycles. The average molecular weight is 421 g/mol. The predicted octanol–water partition coefficient (Wildman–Crippen LogP) is 2.87. The van der Waals surface area contributed by atoms with Gasteiger partial charge in [0.05, 0.1) is 11.2 Å². The Morgan fingerprint density at radius 2 is 2.10 bits per heavy atom. The van der Waals surface area contributed by atoms with Crippen LogP contribution in [0.15, 0.2) is 36.7 Å². The van der Waals surface area contributed by atoms with Gasteiger partial charge in [-0.3, -0.25) is 4.90 Å². The number of hydrogen-bond donors (Lipinski definition) is 2. The highest BCUT2D eigenvalue weighted by atomic mass is 19.1. The van der Waals surface area contributed by atoms with Crippen molar-refractivity contribution in [2.24, 2.45) is 5.41 Å². The highest BCUT2D eigenvalue weighted by Crippen LogP contribution is 2.39. The minimum atomic E-state index is -0.291. The number of nitrogens with one attached hydrogen (secondary N) is 2. The molecular weight excluding hydrogens is 397 g/mol. The maximum atomic E-state index is 14.5. The van der Waals surface area contributed by atoms with Crippen LogP contribution in [0.4, 0.5) is 15.9 Å². The number of likely N-dealkylation sites (tertiary alicyclic amines) is 1. The molecule has 2 saturated heterocycles. The van der Waals surface area contributed by atoms with Gasteiger partial charge >= 0.3 is 0 Å². The van der Waals surface area contributed by atoms with Gasteiger partial charge in [0, 0.05) is 49.6 Å². The Hall–Kier alpha value is -2.97. The largest absolute Gasteiger partial charge is 0.486 e. The van der Waals surface area contributed by atoms with Crippen LogP contribution in [0.1, 0.15) is 5.56 Å². The van der Waals surface area contributed by atoms with Crippen LogP contribution in [-0.4, -0.2) is 60.3 Å². The van der Waals surface area contributed by atoms with E-state index in [1.807, 2.05) is 18.2 Å². The van der Waals surface area contributed by atoms with Crippen molar-refractivity contribution < 1.29 is 13.9 Å². The fourth-order valence-corrected chi connectivity index (χ4v) is 4.75. The Bertz CT molecular complexity index is 1160. The lowest BCUT2D eigenvalue weighted by Crippen LogP contribution is -2.71. The summed E-state index contributed by atoms with van der Waals surface area (Å²) in [4.78, 5) is 11.1. The first-order valence-electron chi connectivity index (χ1n) is 10.6. The van der Waals surface area contributed by atoms with Gasteiger partial charge in [-0.25, -0.2) is 14.4 Å². The van der Waals surface area contributed by atoms with Gasteiger partial charge in [0.25, 0.3) is 0 Å². The van der Waals surface area contributed by atoms with E-state index in [4.69, 9.17) is 9.47 Å². The number of fused-ring (bicyclic) bond motifs is 2. The number of aromatic nitrogens is 2. The molecule has 2 N–H and O–H groups in total. The quantitative estimate of drug-likeness (QED) is 0.671. The van der Waals surface area contributed by atoms with Crippen LogP contribution in [0.3, 0.4) is 0 Å². The zero-order valence-corrected chi connectivity index (χ0v) is 17.3. The fourth-order valence-electron chi connectivity index (χ4n) is 4.75. The predicted molar refractivity (Wildman–Crippen MR) is 116 cm³/mol. The normalized spacial score (nSPS) is 21.5. The first-order chi connectivity index (χ1) is 15.1. The molecule has 0 bridgehead atoms. The molecule has 4 heterocycles. The second kappa shape index (κ2) is 7.03. The molecule has 3 aliphatic heterocycles. The summed E-state index contributed by atoms with van der Waals surface area (Å²) in [7, 11) is 0. The molecule has 3 aromatic rings. The van der Waals surface area contributed by atoms with E-state index in [9.17, 15) is 4.39 Å². The molecule has 7 nitrogen and oxygen atoms in total. The molecule has 2 fully saturated rings. The lowest BCUT2D eigenvalue weighted by molar-refractivity contribution is -0.0634. The Labute approximate surface area is 179 Å². The first kappa shape index (κ1) is 18.8. The molecule has 3 aliphatic rings. The monoisotopic (exact) mass is 421 g/mol. The second-order valence-corrected chi connectivity index (χ2v) is 8.92. The summed E-state index contributed by atoms with van der Waals surface area (Å²) in [6.07, 6.45) is 1.44. The number of ether oxygens (including phenoxy) is 2. The van der Waals surface area contributed by atoms with Crippen molar-refractivity contribution in [1.29, 1.82) is 0 Å². The summed E-state index contributed by atoms with van der Waals surface area (Å²) >= 11 is 0. The van der Waals surface area contributed by atoms with Crippen molar-refractivity contribution >= 4 is 22.4 Å². The molecule has 6 rings (SSSR count). The number of halogens is 1. The minimum Gasteiger partial charge on any atom is -0.486 e. The second-order valence-electron chi connectivity index (χ2n) is 8.92. The van der Waals surface area contributed by atoms with Crippen LogP contribution >= 0.6 is 0 Å². The summed E-state index contributed by atoms with van der Waals surface area (Å²) in [5.74, 6) is 1.59. The number of hydrogen-bond acceptors (Lipinski definition) is 7. The minimum absolute atomic E-state index is 0.0226. The topological polar surface area (TPSA) is 71.5 Å². The molecule has 1 spiro atoms. The van der Waals surface area contributed by atoms with E-state index in [-0.39, 0.29) is 11.9 Å². The lowest BCUT2D eigenvalue weighted by Gasteiger charge is -2.56. The summed E-state index contributed by atoms with van der Waals surface area (Å²) in [6.45, 7) is 7.59.